The highest BCUT2D eigenvalue weighted by Crippen LogP contribution is 2.09. The molecule has 0 atom stereocenters. The van der Waals surface area contributed by atoms with Crippen molar-refractivity contribution in [2.24, 2.45) is 0 Å². The summed E-state index contributed by atoms with van der Waals surface area (Å²) < 4.78 is 5.37. The van der Waals surface area contributed by atoms with Crippen molar-refractivity contribution >= 4 is 15.9 Å². The van der Waals surface area contributed by atoms with Gasteiger partial charge in [0.15, 0.2) is 0 Å². The lowest BCUT2D eigenvalue weighted by Gasteiger charge is -1.94. The zero-order valence-corrected chi connectivity index (χ0v) is 9.07. The van der Waals surface area contributed by atoms with Crippen LogP contribution in [0.25, 0.3) is 0 Å². The Kier molecular flexibility index (Phi) is 2.93. The van der Waals surface area contributed by atoms with Crippen LogP contribution in [0.4, 0.5) is 0 Å². The van der Waals surface area contributed by atoms with Crippen LogP contribution in [0.15, 0.2) is 34.7 Å². The third-order valence-electron chi connectivity index (χ3n) is 1.82. The number of benzene rings is 1. The summed E-state index contributed by atoms with van der Waals surface area (Å²) in [4.78, 5) is 0. The van der Waals surface area contributed by atoms with Gasteiger partial charge in [-0.2, -0.15) is 0 Å². The minimum Gasteiger partial charge on any atom is -0.424 e. The molecule has 72 valence electrons. The zero-order chi connectivity index (χ0) is 9.80. The van der Waals surface area contributed by atoms with Crippen molar-refractivity contribution in [2.45, 2.75) is 11.8 Å². The number of alkyl halides is 1. The summed E-state index contributed by atoms with van der Waals surface area (Å²) in [6, 6.07) is 10.1. The molecule has 0 saturated heterocycles. The molecule has 0 spiro atoms. The minimum atomic E-state index is 0.606. The number of hydrogen-bond acceptors (Lipinski definition) is 3. The van der Waals surface area contributed by atoms with E-state index in [0.29, 0.717) is 23.5 Å². The van der Waals surface area contributed by atoms with Crippen LogP contribution in [0.5, 0.6) is 0 Å². The van der Waals surface area contributed by atoms with Crippen LogP contribution in [-0.4, -0.2) is 10.2 Å². The number of aromatic nitrogens is 2. The average molecular weight is 253 g/mol. The molecule has 0 fully saturated rings. The largest absolute Gasteiger partial charge is 0.424 e. The quantitative estimate of drug-likeness (QED) is 0.789. The van der Waals surface area contributed by atoms with Crippen molar-refractivity contribution in [2.75, 3.05) is 0 Å². The second-order valence-electron chi connectivity index (χ2n) is 2.89. The molecule has 2 rings (SSSR count). The molecule has 1 heterocycles. The highest BCUT2D eigenvalue weighted by molar-refractivity contribution is 9.08. The Morgan fingerprint density at radius 3 is 2.43 bits per heavy atom. The fourth-order valence-electron chi connectivity index (χ4n) is 1.18. The van der Waals surface area contributed by atoms with Gasteiger partial charge in [-0.1, -0.05) is 46.3 Å². The lowest BCUT2D eigenvalue weighted by Crippen LogP contribution is -1.87. The Labute approximate surface area is 90.3 Å². The van der Waals surface area contributed by atoms with Gasteiger partial charge in [-0.05, 0) is 5.56 Å². The Balaban J connectivity index is 2.11. The monoisotopic (exact) mass is 252 g/mol. The van der Waals surface area contributed by atoms with E-state index in [1.54, 1.807) is 0 Å². The molecule has 0 aliphatic rings. The van der Waals surface area contributed by atoms with Gasteiger partial charge in [0.05, 0.1) is 11.8 Å². The number of hydrogen-bond donors (Lipinski definition) is 0. The van der Waals surface area contributed by atoms with Crippen molar-refractivity contribution in [3.63, 3.8) is 0 Å². The van der Waals surface area contributed by atoms with Crippen molar-refractivity contribution in [1.29, 1.82) is 0 Å². The first-order valence-corrected chi connectivity index (χ1v) is 5.42. The lowest BCUT2D eigenvalue weighted by atomic mass is 10.2. The fraction of sp³-hybridized carbons (Fsp3) is 0.200. The van der Waals surface area contributed by atoms with E-state index < -0.39 is 0 Å². The second-order valence-corrected chi connectivity index (χ2v) is 3.45. The van der Waals surface area contributed by atoms with Gasteiger partial charge in [-0.15, -0.1) is 10.2 Å². The molecule has 0 aliphatic carbocycles. The summed E-state index contributed by atoms with van der Waals surface area (Å²) in [6.07, 6.45) is 0.695. The predicted molar refractivity (Wildman–Crippen MR) is 56.2 cm³/mol. The van der Waals surface area contributed by atoms with Gasteiger partial charge in [0.25, 0.3) is 0 Å². The van der Waals surface area contributed by atoms with Gasteiger partial charge in [0.2, 0.25) is 11.8 Å². The van der Waals surface area contributed by atoms with Gasteiger partial charge in [0, 0.05) is 0 Å². The molecule has 0 aliphatic heterocycles. The first kappa shape index (κ1) is 9.40. The number of rotatable bonds is 3. The summed E-state index contributed by atoms with van der Waals surface area (Å²) in [5, 5.41) is 8.41. The molecule has 0 bridgehead atoms. The molecule has 3 nitrogen and oxygen atoms in total. The molecule has 4 heteroatoms. The van der Waals surface area contributed by atoms with Gasteiger partial charge in [0.1, 0.15) is 0 Å². The minimum absolute atomic E-state index is 0.606. The number of nitrogens with zero attached hydrogens (tertiary/aromatic N) is 2. The molecular formula is C10H9BrN2O. The second kappa shape index (κ2) is 4.37. The molecule has 1 aromatic heterocycles. The van der Waals surface area contributed by atoms with Crippen molar-refractivity contribution in [1.82, 2.24) is 10.2 Å². The molecule has 0 N–H and O–H groups in total. The third-order valence-corrected chi connectivity index (χ3v) is 2.30. The van der Waals surface area contributed by atoms with Crippen LogP contribution in [0.2, 0.25) is 0 Å². The maximum Gasteiger partial charge on any atom is 0.227 e. The normalized spacial score (nSPS) is 10.4. The molecule has 2 aromatic rings. The SMILES string of the molecule is BrCc1nnc(Cc2ccccc2)o1. The van der Waals surface area contributed by atoms with E-state index in [9.17, 15) is 0 Å². The van der Waals surface area contributed by atoms with Gasteiger partial charge < -0.3 is 4.42 Å². The average Bonchev–Trinajstić information content (AvgIpc) is 2.67. The lowest BCUT2D eigenvalue weighted by molar-refractivity contribution is 0.475. The molecule has 0 amide bonds. The van der Waals surface area contributed by atoms with E-state index in [4.69, 9.17) is 4.42 Å². The molecule has 14 heavy (non-hydrogen) atoms. The van der Waals surface area contributed by atoms with E-state index in [2.05, 4.69) is 26.1 Å². The van der Waals surface area contributed by atoms with E-state index >= 15 is 0 Å². The van der Waals surface area contributed by atoms with Crippen LogP contribution < -0.4 is 0 Å². The summed E-state index contributed by atoms with van der Waals surface area (Å²) in [6.45, 7) is 0. The first-order chi connectivity index (χ1) is 6.88. The van der Waals surface area contributed by atoms with Gasteiger partial charge in [-0.25, -0.2) is 0 Å². The number of halogens is 1. The Bertz CT molecular complexity index is 400. The Morgan fingerprint density at radius 1 is 1.07 bits per heavy atom. The molecular weight excluding hydrogens is 244 g/mol. The first-order valence-electron chi connectivity index (χ1n) is 4.29. The van der Waals surface area contributed by atoms with Crippen LogP contribution in [0.1, 0.15) is 17.3 Å². The van der Waals surface area contributed by atoms with Crippen molar-refractivity contribution < 1.29 is 4.42 Å². The molecule has 0 unspecified atom stereocenters. The van der Waals surface area contributed by atoms with Crippen molar-refractivity contribution in [3.8, 4) is 0 Å². The summed E-state index contributed by atoms with van der Waals surface area (Å²) in [5.74, 6) is 1.28. The smallest absolute Gasteiger partial charge is 0.227 e. The maximum absolute atomic E-state index is 5.37. The summed E-state index contributed by atoms with van der Waals surface area (Å²) in [5.41, 5.74) is 1.18. The van der Waals surface area contributed by atoms with Crippen LogP contribution in [0, 0.1) is 0 Å². The van der Waals surface area contributed by atoms with E-state index in [1.165, 1.54) is 5.56 Å². The highest BCUT2D eigenvalue weighted by atomic mass is 79.9. The van der Waals surface area contributed by atoms with Crippen molar-refractivity contribution in [3.05, 3.63) is 47.7 Å². The molecule has 0 radical (unpaired) electrons. The predicted octanol–water partition coefficient (Wildman–Crippen LogP) is 2.56. The van der Waals surface area contributed by atoms with Crippen LogP contribution in [-0.2, 0) is 11.8 Å². The van der Waals surface area contributed by atoms with Crippen LogP contribution in [0.3, 0.4) is 0 Å². The maximum atomic E-state index is 5.37. The highest BCUT2D eigenvalue weighted by Gasteiger charge is 2.04. The fourth-order valence-corrected chi connectivity index (χ4v) is 1.41. The molecule has 0 saturated carbocycles. The topological polar surface area (TPSA) is 38.9 Å². The summed E-state index contributed by atoms with van der Waals surface area (Å²) in [7, 11) is 0. The van der Waals surface area contributed by atoms with E-state index in [-0.39, 0.29) is 0 Å². The summed E-state index contributed by atoms with van der Waals surface area (Å²) >= 11 is 3.26. The molecule has 1 aromatic carbocycles. The third kappa shape index (κ3) is 2.20. The van der Waals surface area contributed by atoms with E-state index in [0.717, 1.165) is 0 Å². The van der Waals surface area contributed by atoms with Crippen LogP contribution >= 0.6 is 15.9 Å². The van der Waals surface area contributed by atoms with Gasteiger partial charge >= 0.3 is 0 Å². The standard InChI is InChI=1S/C10H9BrN2O/c11-7-10-13-12-9(14-10)6-8-4-2-1-3-5-8/h1-5H,6-7H2. The zero-order valence-electron chi connectivity index (χ0n) is 7.48. The Morgan fingerprint density at radius 2 is 1.79 bits per heavy atom. The Hall–Kier alpha value is -1.16. The van der Waals surface area contributed by atoms with Gasteiger partial charge in [-0.3, -0.25) is 0 Å². The van der Waals surface area contributed by atoms with E-state index in [1.807, 2.05) is 30.3 Å².